The molecule has 0 radical (unpaired) electrons. The topological polar surface area (TPSA) is 169 Å². The fourth-order valence-corrected chi connectivity index (χ4v) is 6.55. The van der Waals surface area contributed by atoms with Gasteiger partial charge in [-0.05, 0) is 44.9 Å². The SMILES string of the molecule is CC(C)OC(N)=O.CCNS(=O)(=O)c1cc(Nc2ccnc(=O)[nH]2)ccc1-c1cnc(C2CCCCC2)s1. The highest BCUT2D eigenvalue weighted by Gasteiger charge is 2.23. The van der Waals surface area contributed by atoms with E-state index in [0.29, 0.717) is 23.0 Å². The maximum absolute atomic E-state index is 13.0. The Kier molecular flexibility index (Phi) is 10.4. The second-order valence-electron chi connectivity index (χ2n) is 9.01. The van der Waals surface area contributed by atoms with Gasteiger partial charge in [-0.1, -0.05) is 32.3 Å². The summed E-state index contributed by atoms with van der Waals surface area (Å²) in [6, 6.07) is 6.75. The first-order valence-electron chi connectivity index (χ1n) is 12.5. The number of aromatic nitrogens is 3. The van der Waals surface area contributed by atoms with Gasteiger partial charge in [0, 0.05) is 36.1 Å². The zero-order valence-corrected chi connectivity index (χ0v) is 23.3. The molecule has 206 valence electrons. The van der Waals surface area contributed by atoms with Gasteiger partial charge < -0.3 is 15.8 Å². The predicted octanol–water partition coefficient (Wildman–Crippen LogP) is 4.47. The Balaban J connectivity index is 0.000000505. The molecule has 0 saturated heterocycles. The molecule has 0 bridgehead atoms. The van der Waals surface area contributed by atoms with E-state index in [1.807, 2.05) is 0 Å². The van der Waals surface area contributed by atoms with Crippen molar-refractivity contribution in [2.75, 3.05) is 11.9 Å². The number of thiazole rings is 1. The number of amides is 1. The third-order valence-electron chi connectivity index (χ3n) is 5.65. The van der Waals surface area contributed by atoms with Gasteiger partial charge in [0.15, 0.2) is 0 Å². The van der Waals surface area contributed by atoms with Crippen LogP contribution in [0.1, 0.15) is 63.8 Å². The van der Waals surface area contributed by atoms with Crippen LogP contribution in [0, 0.1) is 0 Å². The van der Waals surface area contributed by atoms with Crippen LogP contribution in [0.4, 0.5) is 16.3 Å². The van der Waals surface area contributed by atoms with E-state index >= 15 is 0 Å². The molecular weight excluding hydrogens is 528 g/mol. The first-order chi connectivity index (χ1) is 18.1. The van der Waals surface area contributed by atoms with Gasteiger partial charge in [-0.2, -0.15) is 0 Å². The highest BCUT2D eigenvalue weighted by molar-refractivity contribution is 7.89. The normalized spacial score (nSPS) is 14.0. The molecular formula is C25H34N6O5S2. The molecule has 1 aromatic carbocycles. The summed E-state index contributed by atoms with van der Waals surface area (Å²) in [6.07, 6.45) is 8.35. The maximum Gasteiger partial charge on any atom is 0.404 e. The van der Waals surface area contributed by atoms with Crippen LogP contribution < -0.4 is 21.5 Å². The number of H-pyrrole nitrogens is 1. The number of nitrogens with one attached hydrogen (secondary N) is 3. The second kappa shape index (κ2) is 13.5. The summed E-state index contributed by atoms with van der Waals surface area (Å²) in [4.78, 5) is 33.1. The number of aromatic amines is 1. The first-order valence-corrected chi connectivity index (χ1v) is 14.8. The van der Waals surface area contributed by atoms with Crippen LogP contribution in [-0.2, 0) is 14.8 Å². The number of anilines is 2. The van der Waals surface area contributed by atoms with Gasteiger partial charge in [0.1, 0.15) is 5.82 Å². The van der Waals surface area contributed by atoms with Crippen molar-refractivity contribution in [1.29, 1.82) is 0 Å². The van der Waals surface area contributed by atoms with Gasteiger partial charge in [0.05, 0.1) is 20.9 Å². The minimum Gasteiger partial charge on any atom is -0.447 e. The van der Waals surface area contributed by atoms with Crippen LogP contribution in [0.15, 0.2) is 46.3 Å². The van der Waals surface area contributed by atoms with E-state index in [-0.39, 0.29) is 17.5 Å². The molecule has 38 heavy (non-hydrogen) atoms. The minimum atomic E-state index is -3.72. The van der Waals surface area contributed by atoms with Gasteiger partial charge in [-0.15, -0.1) is 11.3 Å². The smallest absolute Gasteiger partial charge is 0.404 e. The van der Waals surface area contributed by atoms with Crippen molar-refractivity contribution in [2.24, 2.45) is 5.73 Å². The molecule has 5 N–H and O–H groups in total. The van der Waals surface area contributed by atoms with Crippen molar-refractivity contribution >= 4 is 39.0 Å². The third-order valence-corrected chi connectivity index (χ3v) is 8.43. The van der Waals surface area contributed by atoms with Crippen molar-refractivity contribution < 1.29 is 17.9 Å². The van der Waals surface area contributed by atoms with Gasteiger partial charge in [-0.25, -0.2) is 32.7 Å². The van der Waals surface area contributed by atoms with Crippen LogP contribution >= 0.6 is 11.3 Å². The number of rotatable bonds is 8. The Morgan fingerprint density at radius 2 is 1.95 bits per heavy atom. The van der Waals surface area contributed by atoms with E-state index < -0.39 is 21.8 Å². The van der Waals surface area contributed by atoms with Crippen LogP contribution in [0.25, 0.3) is 10.4 Å². The number of hydrogen-bond acceptors (Lipinski definition) is 9. The van der Waals surface area contributed by atoms with E-state index in [2.05, 4.69) is 35.5 Å². The van der Waals surface area contributed by atoms with Gasteiger partial charge >= 0.3 is 11.8 Å². The maximum atomic E-state index is 13.0. The Morgan fingerprint density at radius 1 is 1.21 bits per heavy atom. The summed E-state index contributed by atoms with van der Waals surface area (Å²) in [5, 5.41) is 4.12. The summed E-state index contributed by atoms with van der Waals surface area (Å²) in [5.41, 5.74) is 5.31. The van der Waals surface area contributed by atoms with Crippen molar-refractivity contribution in [3.05, 3.63) is 52.2 Å². The Bertz CT molecular complexity index is 1380. The van der Waals surface area contributed by atoms with Crippen molar-refractivity contribution in [3.8, 4) is 10.4 Å². The number of nitrogens with two attached hydrogens (primary N) is 1. The monoisotopic (exact) mass is 562 g/mol. The fraction of sp³-hybridized carbons (Fsp3) is 0.440. The molecule has 4 rings (SSSR count). The van der Waals surface area contributed by atoms with E-state index in [0.717, 1.165) is 22.7 Å². The molecule has 1 fully saturated rings. The Hall–Kier alpha value is -3.29. The number of carbonyl (C=O) groups is 1. The van der Waals surface area contributed by atoms with Gasteiger partial charge in [0.2, 0.25) is 10.0 Å². The molecule has 0 unspecified atom stereocenters. The predicted molar refractivity (Wildman–Crippen MR) is 148 cm³/mol. The van der Waals surface area contributed by atoms with Crippen molar-refractivity contribution in [3.63, 3.8) is 0 Å². The molecule has 0 atom stereocenters. The third kappa shape index (κ3) is 8.36. The highest BCUT2D eigenvalue weighted by atomic mass is 32.2. The molecule has 1 aliphatic carbocycles. The number of carbonyl (C=O) groups excluding carboxylic acids is 1. The summed E-state index contributed by atoms with van der Waals surface area (Å²) >= 11 is 1.57. The average molecular weight is 563 g/mol. The van der Waals surface area contributed by atoms with Crippen LogP contribution in [0.3, 0.4) is 0 Å². The second-order valence-corrected chi connectivity index (χ2v) is 11.8. The minimum absolute atomic E-state index is 0.0995. The zero-order valence-electron chi connectivity index (χ0n) is 21.7. The van der Waals surface area contributed by atoms with E-state index in [1.54, 1.807) is 62.6 Å². The zero-order chi connectivity index (χ0) is 27.7. The molecule has 0 spiro atoms. The molecule has 0 aliphatic heterocycles. The summed E-state index contributed by atoms with van der Waals surface area (Å²) < 4.78 is 32.9. The number of hydrogen-bond donors (Lipinski definition) is 4. The van der Waals surface area contributed by atoms with Crippen molar-refractivity contribution in [2.45, 2.75) is 69.8 Å². The number of benzene rings is 1. The fourth-order valence-electron chi connectivity index (χ4n) is 4.07. The molecule has 11 nitrogen and oxygen atoms in total. The largest absolute Gasteiger partial charge is 0.447 e. The molecule has 1 saturated carbocycles. The van der Waals surface area contributed by atoms with Crippen LogP contribution in [0.5, 0.6) is 0 Å². The molecule has 2 aromatic heterocycles. The summed E-state index contributed by atoms with van der Waals surface area (Å²) in [7, 11) is -3.72. The van der Waals surface area contributed by atoms with Crippen LogP contribution in [-0.4, -0.2) is 42.1 Å². The van der Waals surface area contributed by atoms with E-state index in [1.165, 1.54) is 25.5 Å². The highest BCUT2D eigenvalue weighted by Crippen LogP contribution is 2.39. The Morgan fingerprint density at radius 3 is 2.55 bits per heavy atom. The summed E-state index contributed by atoms with van der Waals surface area (Å²) in [5.74, 6) is 0.891. The van der Waals surface area contributed by atoms with Crippen molar-refractivity contribution in [1.82, 2.24) is 19.7 Å². The molecule has 3 aromatic rings. The molecule has 13 heteroatoms. The standard InChI is InChI=1S/C21H25N5O3S2.C4H9NO2/c1-2-24-31(28,29)18-12-15(25-19-10-11-22-21(27)26-19)8-9-16(18)17-13-23-20(30-17)14-6-4-3-5-7-14;1-3(2)7-4(5)6/h8-14,24H,2-7H2,1H3,(H2,22,25,26,27);3H,1-2H3,(H2,5,6). The van der Waals surface area contributed by atoms with E-state index in [9.17, 15) is 18.0 Å². The van der Waals surface area contributed by atoms with Gasteiger partial charge in [0.25, 0.3) is 0 Å². The van der Waals surface area contributed by atoms with Gasteiger partial charge in [-0.3, -0.25) is 4.98 Å². The number of ether oxygens (including phenoxy) is 1. The number of sulfonamides is 1. The lowest BCUT2D eigenvalue weighted by molar-refractivity contribution is 0.125. The van der Waals surface area contributed by atoms with Crippen LogP contribution in [0.2, 0.25) is 0 Å². The lowest BCUT2D eigenvalue weighted by atomic mass is 9.90. The first kappa shape index (κ1) is 29.3. The lowest BCUT2D eigenvalue weighted by Gasteiger charge is -2.18. The molecule has 1 aliphatic rings. The van der Waals surface area contributed by atoms with E-state index in [4.69, 9.17) is 0 Å². The molecule has 2 heterocycles. The average Bonchev–Trinajstić information content (AvgIpc) is 3.34. The number of primary amides is 1. The Labute approximate surface area is 226 Å². The number of nitrogens with zero attached hydrogens (tertiary/aromatic N) is 2. The molecule has 1 amide bonds. The quantitative estimate of drug-likeness (QED) is 0.312. The summed E-state index contributed by atoms with van der Waals surface area (Å²) in [6.45, 7) is 5.51. The lowest BCUT2D eigenvalue weighted by Crippen LogP contribution is -2.23.